The largest absolute Gasteiger partial charge is 0.497 e. The molecule has 3 N–H and O–H groups in total. The molecule has 0 amide bonds. The molecule has 87 heavy (non-hydrogen) atoms. The van der Waals surface area contributed by atoms with Crippen molar-refractivity contribution in [3.63, 3.8) is 0 Å². The Kier molecular flexibility index (Phi) is 25.0. The maximum atomic E-state index is 14.3. The molecule has 1 fully saturated rings. The highest BCUT2D eigenvalue weighted by atomic mass is 35.5. The second-order valence-corrected chi connectivity index (χ2v) is 24.2. The summed E-state index contributed by atoms with van der Waals surface area (Å²) in [5.41, 5.74) is -0.900. The first-order chi connectivity index (χ1) is 40.7. The van der Waals surface area contributed by atoms with Gasteiger partial charge >= 0.3 is 29.8 Å². The summed E-state index contributed by atoms with van der Waals surface area (Å²) in [5, 5.41) is 31.3. The molecule has 468 valence electrons. The quantitative estimate of drug-likeness (QED) is 0.0308. The molecule has 0 unspecified atom stereocenters. The topological polar surface area (TPSA) is 220 Å². The number of halogens is 4. The molecule has 21 heteroatoms. The Morgan fingerprint density at radius 3 is 1.25 bits per heavy atom. The summed E-state index contributed by atoms with van der Waals surface area (Å²) < 4.78 is 64.8. The van der Waals surface area contributed by atoms with Gasteiger partial charge in [0, 0.05) is 47.4 Å². The third-order valence-corrected chi connectivity index (χ3v) is 13.2. The highest BCUT2D eigenvalue weighted by Gasteiger charge is 2.49. The number of carbonyl (C=O) groups is 5. The van der Waals surface area contributed by atoms with Crippen molar-refractivity contribution in [1.82, 2.24) is 9.80 Å². The van der Waals surface area contributed by atoms with Crippen LogP contribution < -0.4 is 9.47 Å². The number of rotatable bonds is 23. The van der Waals surface area contributed by atoms with Crippen molar-refractivity contribution in [2.24, 2.45) is 0 Å². The fourth-order valence-electron chi connectivity index (χ4n) is 8.26. The van der Waals surface area contributed by atoms with E-state index in [0.29, 0.717) is 44.7 Å². The molecule has 0 spiro atoms. The third kappa shape index (κ3) is 23.6. The number of carboxylic acid groups (broad SMARTS) is 1. The van der Waals surface area contributed by atoms with Crippen molar-refractivity contribution in [3.8, 4) is 33.8 Å². The number of hydrogen-bond acceptors (Lipinski definition) is 16. The molecule has 6 aromatic rings. The smallest absolute Gasteiger partial charge is 0.340 e. The summed E-state index contributed by atoms with van der Waals surface area (Å²) in [6.45, 7) is 14.9. The molecule has 6 aromatic carbocycles. The Labute approximate surface area is 516 Å². The van der Waals surface area contributed by atoms with E-state index in [4.69, 9.17) is 56.4 Å². The van der Waals surface area contributed by atoms with Crippen LogP contribution in [-0.2, 0) is 74.0 Å². The summed E-state index contributed by atoms with van der Waals surface area (Å²) in [6, 6.07) is 37.0. The van der Waals surface area contributed by atoms with Gasteiger partial charge in [0.1, 0.15) is 47.5 Å². The summed E-state index contributed by atoms with van der Waals surface area (Å²) in [5.74, 6) is -2.91. The van der Waals surface area contributed by atoms with Crippen molar-refractivity contribution in [2.75, 3.05) is 47.0 Å². The van der Waals surface area contributed by atoms with E-state index in [1.54, 1.807) is 146 Å². The van der Waals surface area contributed by atoms with Gasteiger partial charge in [0.25, 0.3) is 0 Å². The maximum absolute atomic E-state index is 14.3. The second kappa shape index (κ2) is 30.9. The Bertz CT molecular complexity index is 3270. The third-order valence-electron chi connectivity index (χ3n) is 12.8. The van der Waals surface area contributed by atoms with Crippen molar-refractivity contribution in [1.29, 1.82) is 0 Å². The van der Waals surface area contributed by atoms with Gasteiger partial charge in [-0.1, -0.05) is 96.0 Å². The van der Waals surface area contributed by atoms with Gasteiger partial charge in [0.05, 0.1) is 33.9 Å². The van der Waals surface area contributed by atoms with Crippen LogP contribution in [0.2, 0.25) is 10.0 Å². The zero-order valence-corrected chi connectivity index (χ0v) is 52.2. The van der Waals surface area contributed by atoms with Gasteiger partial charge in [0.2, 0.25) is 0 Å². The van der Waals surface area contributed by atoms with Gasteiger partial charge < -0.3 is 48.5 Å². The van der Waals surface area contributed by atoms with Crippen LogP contribution in [0.4, 0.5) is 8.78 Å². The molecule has 1 aliphatic rings. The molecule has 0 radical (unpaired) electrons. The summed E-state index contributed by atoms with van der Waals surface area (Å²) in [4.78, 5) is 63.7. The Morgan fingerprint density at radius 2 is 0.908 bits per heavy atom. The number of benzene rings is 6. The van der Waals surface area contributed by atoms with Crippen LogP contribution in [0.3, 0.4) is 0 Å². The lowest BCUT2D eigenvalue weighted by Crippen LogP contribution is -2.49. The summed E-state index contributed by atoms with van der Waals surface area (Å²) >= 11 is 12.0. The standard InChI is InChI=1S/C31H35ClFNO6.C23H27ClFNO5.C12H14O4/c1-30(2,3)40-28(35)18-34(17-21-6-10-23(11-7-21)26-16-24(32)12-15-27(26)33)20-31(4,37)29(36)39-19-22-8-13-25(38-5)14-9-22;1-22(2,3)31-20(27)13-26(14-23(4,30)21(28)29)12-15-5-7-16(8-6-15)18-11-17(24)9-10-19(18)25;1-12(8-16-12)11(13)15-7-9-3-5-10(14-2)6-4-9/h6-16,37H,17-20H2,1-5H3;5-11,30H,12-14H2,1-4H3,(H,28,29);3-6H,7-8H2,1-2H3/t31-;23-;12-/m111/s1. The van der Waals surface area contributed by atoms with E-state index in [9.17, 15) is 48.1 Å². The van der Waals surface area contributed by atoms with E-state index in [-0.39, 0.29) is 58.5 Å². The van der Waals surface area contributed by atoms with Gasteiger partial charge in [-0.2, -0.15) is 0 Å². The van der Waals surface area contributed by atoms with E-state index < -0.39 is 63.5 Å². The van der Waals surface area contributed by atoms with Crippen molar-refractivity contribution < 1.29 is 81.2 Å². The van der Waals surface area contributed by atoms with Crippen LogP contribution in [0, 0.1) is 11.6 Å². The highest BCUT2D eigenvalue weighted by Crippen LogP contribution is 2.30. The molecule has 1 heterocycles. The summed E-state index contributed by atoms with van der Waals surface area (Å²) in [7, 11) is 3.17. The number of aliphatic hydroxyl groups is 2. The number of ether oxygens (including phenoxy) is 7. The molecule has 3 atom stereocenters. The maximum Gasteiger partial charge on any atom is 0.340 e. The zero-order chi connectivity index (χ0) is 64.5. The van der Waals surface area contributed by atoms with Gasteiger partial charge in [-0.3, -0.25) is 19.4 Å². The number of epoxide rings is 1. The van der Waals surface area contributed by atoms with Crippen LogP contribution in [-0.4, -0.2) is 130 Å². The van der Waals surface area contributed by atoms with E-state index in [1.807, 2.05) is 24.3 Å². The van der Waals surface area contributed by atoms with Crippen LogP contribution in [0.1, 0.15) is 84.6 Å². The zero-order valence-electron chi connectivity index (χ0n) is 50.7. The molecule has 0 aliphatic carbocycles. The average molecular weight is 1250 g/mol. The Morgan fingerprint density at radius 1 is 0.552 bits per heavy atom. The van der Waals surface area contributed by atoms with Crippen LogP contribution in [0.25, 0.3) is 22.3 Å². The van der Waals surface area contributed by atoms with Crippen LogP contribution >= 0.6 is 23.2 Å². The second-order valence-electron chi connectivity index (χ2n) is 23.3. The molecular weight excluding hydrogens is 1170 g/mol. The lowest BCUT2D eigenvalue weighted by Gasteiger charge is -2.30. The van der Waals surface area contributed by atoms with Gasteiger partial charge in [-0.15, -0.1) is 0 Å². The predicted molar refractivity (Wildman–Crippen MR) is 325 cm³/mol. The fraction of sp³-hybridized carbons (Fsp3) is 0.379. The minimum atomic E-state index is -2.05. The minimum absolute atomic E-state index is 0.0352. The molecule has 1 saturated heterocycles. The average Bonchev–Trinajstić information content (AvgIpc) is 2.54. The van der Waals surface area contributed by atoms with Crippen molar-refractivity contribution >= 4 is 53.0 Å². The first kappa shape index (κ1) is 70.3. The number of aliphatic carboxylic acids is 1. The van der Waals surface area contributed by atoms with Gasteiger partial charge in [-0.05, 0) is 156 Å². The predicted octanol–water partition coefficient (Wildman–Crippen LogP) is 11.4. The lowest BCUT2D eigenvalue weighted by atomic mass is 10.0. The van der Waals surface area contributed by atoms with Crippen LogP contribution in [0.5, 0.6) is 11.5 Å². The molecule has 0 bridgehead atoms. The van der Waals surface area contributed by atoms with E-state index in [1.165, 1.54) is 49.1 Å². The number of hydrogen-bond donors (Lipinski definition) is 3. The van der Waals surface area contributed by atoms with E-state index in [2.05, 4.69) is 0 Å². The Hall–Kier alpha value is -7.49. The first-order valence-electron chi connectivity index (χ1n) is 27.6. The number of nitrogens with zero attached hydrogens (tertiary/aromatic N) is 2. The molecular formula is C66H76Cl2F2N2O15. The van der Waals surface area contributed by atoms with Crippen molar-refractivity contribution in [2.45, 2.75) is 117 Å². The molecule has 1 aliphatic heterocycles. The normalized spacial score (nSPS) is 15.0. The first-order valence-corrected chi connectivity index (χ1v) is 28.3. The van der Waals surface area contributed by atoms with E-state index >= 15 is 0 Å². The van der Waals surface area contributed by atoms with Gasteiger partial charge in [-0.25, -0.2) is 23.2 Å². The lowest BCUT2D eigenvalue weighted by molar-refractivity contribution is -0.169. The molecule has 0 aromatic heterocycles. The van der Waals surface area contributed by atoms with Crippen LogP contribution in [0.15, 0.2) is 133 Å². The van der Waals surface area contributed by atoms with Crippen molar-refractivity contribution in [3.05, 3.63) is 177 Å². The SMILES string of the molecule is CC(C)(C)OC(=O)CN(Cc1ccc(-c2cc(Cl)ccc2F)cc1)C[C@@](C)(O)C(=O)O.COc1ccc(COC(=O)[C@@]2(C)CO2)cc1.COc1ccc(COC(=O)[C@](C)(O)CN(CC(=O)OC(C)(C)C)Cc2ccc(-c3cc(Cl)ccc3F)cc2)cc1. The molecule has 17 nitrogen and oxygen atoms in total. The summed E-state index contributed by atoms with van der Waals surface area (Å²) in [6.07, 6.45) is 0. The number of esters is 4. The number of carbonyl (C=O) groups excluding carboxylic acids is 4. The number of methoxy groups -OCH3 is 2. The fourth-order valence-corrected chi connectivity index (χ4v) is 8.60. The number of carboxylic acids is 1. The highest BCUT2D eigenvalue weighted by molar-refractivity contribution is 6.31. The van der Waals surface area contributed by atoms with E-state index in [0.717, 1.165) is 28.0 Å². The monoisotopic (exact) mass is 1240 g/mol. The minimum Gasteiger partial charge on any atom is -0.497 e. The Balaban J connectivity index is 0.000000259. The molecule has 7 rings (SSSR count). The molecule has 0 saturated carbocycles. The van der Waals surface area contributed by atoms with Gasteiger partial charge in [0.15, 0.2) is 16.8 Å².